The third-order valence-corrected chi connectivity index (χ3v) is 6.10. The van der Waals surface area contributed by atoms with Crippen LogP contribution in [0, 0.1) is 0 Å². The van der Waals surface area contributed by atoms with E-state index in [1.54, 1.807) is 18.5 Å². The van der Waals surface area contributed by atoms with Crippen LogP contribution in [0.15, 0.2) is 42.7 Å². The lowest BCUT2D eigenvalue weighted by Crippen LogP contribution is -2.50. The second-order valence-electron chi connectivity index (χ2n) is 6.84. The van der Waals surface area contributed by atoms with Crippen molar-refractivity contribution in [3.63, 3.8) is 0 Å². The third-order valence-electron chi connectivity index (χ3n) is 4.58. The van der Waals surface area contributed by atoms with Crippen LogP contribution in [0.1, 0.15) is 0 Å². The van der Waals surface area contributed by atoms with E-state index < -0.39 is 16.1 Å². The SMILES string of the molecule is CS(=O)(=O)N1CCN(CC(O)COc2cc(Cl)cc(-c3cccnc3)c2)CC1. The summed E-state index contributed by atoms with van der Waals surface area (Å²) in [4.78, 5) is 6.15. The van der Waals surface area contributed by atoms with Crippen molar-refractivity contribution in [1.82, 2.24) is 14.2 Å². The minimum absolute atomic E-state index is 0.124. The molecule has 1 aromatic carbocycles. The normalized spacial score (nSPS) is 17.4. The van der Waals surface area contributed by atoms with Gasteiger partial charge in [0.05, 0.1) is 6.26 Å². The van der Waals surface area contributed by atoms with Crippen molar-refractivity contribution < 1.29 is 18.3 Å². The maximum absolute atomic E-state index is 11.6. The predicted octanol–water partition coefficient (Wildman–Crippen LogP) is 1.72. The molecule has 1 N–H and O–H groups in total. The number of ether oxygens (including phenoxy) is 1. The Balaban J connectivity index is 1.52. The molecule has 1 saturated heterocycles. The monoisotopic (exact) mass is 425 g/mol. The van der Waals surface area contributed by atoms with Crippen LogP contribution in [-0.4, -0.2) is 79.4 Å². The number of nitrogens with zero attached hydrogens (tertiary/aromatic N) is 3. The van der Waals surface area contributed by atoms with E-state index in [9.17, 15) is 13.5 Å². The van der Waals surface area contributed by atoms with Crippen molar-refractivity contribution in [2.75, 3.05) is 45.6 Å². The van der Waals surface area contributed by atoms with E-state index in [0.29, 0.717) is 43.5 Å². The molecule has 1 unspecified atom stereocenters. The van der Waals surface area contributed by atoms with Crippen LogP contribution >= 0.6 is 11.6 Å². The van der Waals surface area contributed by atoms with Crippen LogP contribution in [0.4, 0.5) is 0 Å². The second-order valence-corrected chi connectivity index (χ2v) is 9.26. The molecule has 9 heteroatoms. The number of β-amino-alcohol motifs (C(OH)–C–C–N with tert-alkyl or cyclic N) is 1. The molecular weight excluding hydrogens is 402 g/mol. The molecule has 1 atom stereocenters. The topological polar surface area (TPSA) is 83.0 Å². The molecule has 7 nitrogen and oxygen atoms in total. The van der Waals surface area contributed by atoms with Gasteiger partial charge in [-0.25, -0.2) is 8.42 Å². The van der Waals surface area contributed by atoms with Crippen molar-refractivity contribution >= 4 is 21.6 Å². The number of pyridine rings is 1. The summed E-state index contributed by atoms with van der Waals surface area (Å²) >= 11 is 6.20. The van der Waals surface area contributed by atoms with Gasteiger partial charge in [0.2, 0.25) is 10.0 Å². The molecule has 1 aliphatic rings. The van der Waals surface area contributed by atoms with Crippen molar-refractivity contribution in [3.8, 4) is 16.9 Å². The Hall–Kier alpha value is -1.71. The zero-order chi connectivity index (χ0) is 20.1. The van der Waals surface area contributed by atoms with Crippen LogP contribution in [0.3, 0.4) is 0 Å². The lowest BCUT2D eigenvalue weighted by atomic mass is 10.1. The number of halogens is 1. The molecule has 0 spiro atoms. The maximum atomic E-state index is 11.6. The average molecular weight is 426 g/mol. The van der Waals surface area contributed by atoms with E-state index in [-0.39, 0.29) is 6.61 Å². The average Bonchev–Trinajstić information content (AvgIpc) is 2.66. The van der Waals surface area contributed by atoms with E-state index >= 15 is 0 Å². The predicted molar refractivity (Wildman–Crippen MR) is 109 cm³/mol. The maximum Gasteiger partial charge on any atom is 0.211 e. The summed E-state index contributed by atoms with van der Waals surface area (Å²) in [6.07, 6.45) is 3.99. The number of piperazine rings is 1. The first-order valence-corrected chi connectivity index (χ1v) is 11.2. The molecule has 0 saturated carbocycles. The molecule has 0 bridgehead atoms. The van der Waals surface area contributed by atoms with Gasteiger partial charge in [0, 0.05) is 55.7 Å². The fraction of sp³-hybridized carbons (Fsp3) is 0.421. The number of aromatic nitrogens is 1. The fourth-order valence-corrected chi connectivity index (χ4v) is 4.18. The van der Waals surface area contributed by atoms with Crippen LogP contribution < -0.4 is 4.74 Å². The van der Waals surface area contributed by atoms with Gasteiger partial charge in [-0.05, 0) is 29.8 Å². The van der Waals surface area contributed by atoms with Gasteiger partial charge in [0.25, 0.3) is 0 Å². The third kappa shape index (κ3) is 5.89. The molecule has 1 fully saturated rings. The second kappa shape index (κ2) is 9.19. The Bertz CT molecular complexity index is 887. The van der Waals surface area contributed by atoms with E-state index in [1.165, 1.54) is 10.6 Å². The number of sulfonamides is 1. The summed E-state index contributed by atoms with van der Waals surface area (Å²) in [6, 6.07) is 9.19. The molecule has 0 radical (unpaired) electrons. The van der Waals surface area contributed by atoms with Gasteiger partial charge in [-0.15, -0.1) is 0 Å². The fourth-order valence-electron chi connectivity index (χ4n) is 3.13. The molecule has 1 aromatic heterocycles. The Morgan fingerprint density at radius 3 is 2.61 bits per heavy atom. The number of aliphatic hydroxyl groups excluding tert-OH is 1. The number of rotatable bonds is 7. The number of hydrogen-bond acceptors (Lipinski definition) is 6. The first-order chi connectivity index (χ1) is 13.3. The zero-order valence-corrected chi connectivity index (χ0v) is 17.2. The van der Waals surface area contributed by atoms with E-state index in [4.69, 9.17) is 16.3 Å². The Morgan fingerprint density at radius 2 is 1.96 bits per heavy atom. The molecule has 1 aliphatic heterocycles. The molecule has 2 heterocycles. The van der Waals surface area contributed by atoms with Crippen LogP contribution in [-0.2, 0) is 10.0 Å². The minimum atomic E-state index is -3.15. The molecule has 28 heavy (non-hydrogen) atoms. The van der Waals surface area contributed by atoms with E-state index in [0.717, 1.165) is 11.1 Å². The molecule has 3 rings (SSSR count). The summed E-state index contributed by atoms with van der Waals surface area (Å²) < 4.78 is 30.3. The van der Waals surface area contributed by atoms with Crippen LogP contribution in [0.25, 0.3) is 11.1 Å². The summed E-state index contributed by atoms with van der Waals surface area (Å²) in [6.45, 7) is 2.61. The van der Waals surface area contributed by atoms with E-state index in [1.807, 2.05) is 29.2 Å². The number of benzene rings is 1. The van der Waals surface area contributed by atoms with Crippen LogP contribution in [0.2, 0.25) is 5.02 Å². The highest BCUT2D eigenvalue weighted by molar-refractivity contribution is 7.88. The highest BCUT2D eigenvalue weighted by Crippen LogP contribution is 2.28. The van der Waals surface area contributed by atoms with Crippen molar-refractivity contribution in [3.05, 3.63) is 47.7 Å². The highest BCUT2D eigenvalue weighted by Gasteiger charge is 2.24. The van der Waals surface area contributed by atoms with Gasteiger partial charge >= 0.3 is 0 Å². The van der Waals surface area contributed by atoms with Gasteiger partial charge in [0.1, 0.15) is 18.5 Å². The summed E-state index contributed by atoms with van der Waals surface area (Å²) in [5.41, 5.74) is 1.82. The molecule has 2 aromatic rings. The Kier molecular flexibility index (Phi) is 6.90. The lowest BCUT2D eigenvalue weighted by molar-refractivity contribution is 0.0570. The first kappa shape index (κ1) is 21.0. The molecule has 152 valence electrons. The smallest absolute Gasteiger partial charge is 0.211 e. The molecule has 0 amide bonds. The largest absolute Gasteiger partial charge is 0.491 e. The van der Waals surface area contributed by atoms with Gasteiger partial charge < -0.3 is 9.84 Å². The quantitative estimate of drug-likeness (QED) is 0.727. The Labute approximate surface area is 170 Å². The summed E-state index contributed by atoms with van der Waals surface area (Å²) in [5.74, 6) is 0.576. The van der Waals surface area contributed by atoms with Crippen molar-refractivity contribution in [2.45, 2.75) is 6.10 Å². The Morgan fingerprint density at radius 1 is 1.21 bits per heavy atom. The van der Waals surface area contributed by atoms with Gasteiger partial charge in [-0.2, -0.15) is 4.31 Å². The zero-order valence-electron chi connectivity index (χ0n) is 15.7. The van der Waals surface area contributed by atoms with Crippen LogP contribution in [0.5, 0.6) is 5.75 Å². The lowest BCUT2D eigenvalue weighted by Gasteiger charge is -2.34. The molecular formula is C19H24ClN3O4S. The van der Waals surface area contributed by atoms with Crippen molar-refractivity contribution in [2.24, 2.45) is 0 Å². The van der Waals surface area contributed by atoms with Gasteiger partial charge in [-0.3, -0.25) is 9.88 Å². The number of aliphatic hydroxyl groups is 1. The summed E-state index contributed by atoms with van der Waals surface area (Å²) in [7, 11) is -3.15. The van der Waals surface area contributed by atoms with Gasteiger partial charge in [0.15, 0.2) is 0 Å². The van der Waals surface area contributed by atoms with Gasteiger partial charge in [-0.1, -0.05) is 17.7 Å². The standard InChI is InChI=1S/C19H24ClN3O4S/c1-28(25,26)23-7-5-22(6-8-23)13-18(24)14-27-19-10-16(9-17(20)11-19)15-3-2-4-21-12-15/h2-4,9-12,18,24H,5-8,13-14H2,1H3. The van der Waals surface area contributed by atoms with Crippen molar-refractivity contribution in [1.29, 1.82) is 0 Å². The first-order valence-electron chi connectivity index (χ1n) is 9.00. The number of hydrogen-bond donors (Lipinski definition) is 1. The molecule has 0 aliphatic carbocycles. The summed E-state index contributed by atoms with van der Waals surface area (Å²) in [5, 5.41) is 10.8. The van der Waals surface area contributed by atoms with E-state index in [2.05, 4.69) is 4.98 Å². The highest BCUT2D eigenvalue weighted by atomic mass is 35.5. The minimum Gasteiger partial charge on any atom is -0.491 e.